The van der Waals surface area contributed by atoms with Crippen molar-refractivity contribution in [1.29, 1.82) is 0 Å². The molecule has 2 aromatic carbocycles. The number of imide groups is 1. The summed E-state index contributed by atoms with van der Waals surface area (Å²) >= 11 is 1.29. The number of benzene rings is 2. The average Bonchev–Trinajstić information content (AvgIpc) is 3.28. The van der Waals surface area contributed by atoms with E-state index in [1.54, 1.807) is 12.3 Å². The van der Waals surface area contributed by atoms with Crippen LogP contribution >= 0.6 is 11.3 Å². The Bertz CT molecular complexity index is 1160. The molecule has 31 heavy (non-hydrogen) atoms. The summed E-state index contributed by atoms with van der Waals surface area (Å²) in [6, 6.07) is 16.3. The van der Waals surface area contributed by atoms with Gasteiger partial charge in [0.25, 0.3) is 5.91 Å². The first-order valence-corrected chi connectivity index (χ1v) is 10.7. The molecule has 0 aliphatic carbocycles. The number of aromatic nitrogens is 1. The third-order valence-electron chi connectivity index (χ3n) is 5.34. The number of nitrogens with zero attached hydrogens (tertiary/aromatic N) is 3. The molecule has 1 atom stereocenters. The highest BCUT2D eigenvalue weighted by Crippen LogP contribution is 2.33. The molecule has 4 rings (SSSR count). The van der Waals surface area contributed by atoms with Gasteiger partial charge in [-0.25, -0.2) is 9.78 Å². The molecule has 1 saturated heterocycles. The lowest BCUT2D eigenvalue weighted by atomic mass is 9.88. The summed E-state index contributed by atoms with van der Waals surface area (Å²) in [6.07, 6.45) is 0. The second-order valence-corrected chi connectivity index (χ2v) is 8.41. The van der Waals surface area contributed by atoms with Crippen LogP contribution in [0.5, 0.6) is 0 Å². The fraction of sp³-hybridized carbons (Fsp3) is 0.217. The van der Waals surface area contributed by atoms with Gasteiger partial charge in [-0.1, -0.05) is 42.5 Å². The minimum atomic E-state index is -1.13. The van der Waals surface area contributed by atoms with E-state index in [0.717, 1.165) is 11.1 Å². The van der Waals surface area contributed by atoms with E-state index in [4.69, 9.17) is 0 Å². The molecule has 8 heteroatoms. The number of anilines is 2. The predicted octanol–water partition coefficient (Wildman–Crippen LogP) is 4.10. The van der Waals surface area contributed by atoms with E-state index in [-0.39, 0.29) is 18.4 Å². The average molecular weight is 435 g/mol. The van der Waals surface area contributed by atoms with E-state index in [1.165, 1.54) is 28.1 Å². The zero-order chi connectivity index (χ0) is 22.2. The molecule has 0 radical (unpaired) electrons. The summed E-state index contributed by atoms with van der Waals surface area (Å²) in [5.74, 6) is -0.498. The number of urea groups is 1. The smallest absolute Gasteiger partial charge is 0.319 e. The number of hydrogen-bond acceptors (Lipinski definition) is 5. The normalized spacial score (nSPS) is 18.2. The maximum atomic E-state index is 13.2. The van der Waals surface area contributed by atoms with Crippen molar-refractivity contribution in [2.45, 2.75) is 32.9 Å². The summed E-state index contributed by atoms with van der Waals surface area (Å²) in [5, 5.41) is 5.08. The molecule has 1 N–H and O–H groups in total. The van der Waals surface area contributed by atoms with Gasteiger partial charge in [0.15, 0.2) is 5.13 Å². The van der Waals surface area contributed by atoms with Gasteiger partial charge in [-0.05, 0) is 37.1 Å². The van der Waals surface area contributed by atoms with Crippen molar-refractivity contribution < 1.29 is 14.4 Å². The molecule has 1 aliphatic heterocycles. The van der Waals surface area contributed by atoms with Crippen LogP contribution in [0, 0.1) is 6.92 Å². The predicted molar refractivity (Wildman–Crippen MR) is 119 cm³/mol. The molecule has 1 fully saturated rings. The first-order valence-electron chi connectivity index (χ1n) is 9.81. The van der Waals surface area contributed by atoms with Crippen LogP contribution in [-0.2, 0) is 21.7 Å². The Hall–Kier alpha value is -3.52. The number of thiazole rings is 1. The van der Waals surface area contributed by atoms with Gasteiger partial charge < -0.3 is 5.32 Å². The number of carbonyl (C=O) groups excluding carboxylic acids is 3. The molecular formula is C23H22N4O3S. The van der Waals surface area contributed by atoms with Gasteiger partial charge in [-0.15, -0.1) is 11.3 Å². The molecule has 0 spiro atoms. The Labute approximate surface area is 184 Å². The van der Waals surface area contributed by atoms with Crippen molar-refractivity contribution >= 4 is 40.0 Å². The van der Waals surface area contributed by atoms with Gasteiger partial charge in [-0.2, -0.15) is 0 Å². The zero-order valence-electron chi connectivity index (χ0n) is 17.5. The van der Waals surface area contributed by atoms with Crippen LogP contribution in [0.15, 0.2) is 60.0 Å². The molecule has 3 aromatic rings. The third-order valence-corrected chi connectivity index (χ3v) is 6.21. The van der Waals surface area contributed by atoms with Crippen LogP contribution in [0.3, 0.4) is 0 Å². The minimum Gasteiger partial charge on any atom is -0.319 e. The van der Waals surface area contributed by atoms with Crippen LogP contribution < -0.4 is 10.2 Å². The molecule has 0 bridgehead atoms. The lowest BCUT2D eigenvalue weighted by molar-refractivity contribution is -0.131. The fourth-order valence-electron chi connectivity index (χ4n) is 3.79. The highest BCUT2D eigenvalue weighted by atomic mass is 32.1. The second kappa shape index (κ2) is 7.96. The number of nitrogens with one attached hydrogen (secondary N) is 1. The Morgan fingerprint density at radius 3 is 2.48 bits per heavy atom. The van der Waals surface area contributed by atoms with Crippen molar-refractivity contribution in [3.05, 3.63) is 76.8 Å². The third kappa shape index (κ3) is 3.70. The number of aryl methyl sites for hydroxylation is 1. The maximum Gasteiger partial charge on any atom is 0.325 e. The van der Waals surface area contributed by atoms with E-state index in [1.807, 2.05) is 61.5 Å². The molecule has 158 valence electrons. The zero-order valence-corrected chi connectivity index (χ0v) is 18.3. The molecule has 2 heterocycles. The Kier molecular flexibility index (Phi) is 5.32. The molecule has 1 aromatic heterocycles. The van der Waals surface area contributed by atoms with Gasteiger partial charge in [-0.3, -0.25) is 19.4 Å². The van der Waals surface area contributed by atoms with Gasteiger partial charge in [0.2, 0.25) is 5.91 Å². The van der Waals surface area contributed by atoms with Crippen LogP contribution in [0.2, 0.25) is 0 Å². The van der Waals surface area contributed by atoms with E-state index < -0.39 is 11.6 Å². The van der Waals surface area contributed by atoms with Crippen molar-refractivity contribution in [2.24, 2.45) is 0 Å². The number of rotatable bonds is 5. The Morgan fingerprint density at radius 1 is 1.13 bits per heavy atom. The van der Waals surface area contributed by atoms with Crippen molar-refractivity contribution in [1.82, 2.24) is 15.2 Å². The first kappa shape index (κ1) is 20.7. The number of carbonyl (C=O) groups is 3. The monoisotopic (exact) mass is 434 g/mol. The molecule has 7 nitrogen and oxygen atoms in total. The number of amides is 4. The van der Waals surface area contributed by atoms with Crippen molar-refractivity contribution in [3.8, 4) is 0 Å². The van der Waals surface area contributed by atoms with Crippen molar-refractivity contribution in [2.75, 3.05) is 4.90 Å². The quantitative estimate of drug-likeness (QED) is 0.613. The molecule has 1 aliphatic rings. The van der Waals surface area contributed by atoms with Crippen molar-refractivity contribution in [3.63, 3.8) is 0 Å². The van der Waals surface area contributed by atoms with Crippen LogP contribution in [0.25, 0.3) is 0 Å². The van der Waals surface area contributed by atoms with E-state index in [0.29, 0.717) is 16.5 Å². The lowest BCUT2D eigenvalue weighted by Crippen LogP contribution is -2.41. The number of para-hydroxylation sites is 1. The topological polar surface area (TPSA) is 82.6 Å². The highest BCUT2D eigenvalue weighted by molar-refractivity contribution is 7.14. The second-order valence-electron chi connectivity index (χ2n) is 7.57. The Balaban J connectivity index is 1.59. The van der Waals surface area contributed by atoms with E-state index in [9.17, 15) is 14.4 Å². The van der Waals surface area contributed by atoms with Gasteiger partial charge >= 0.3 is 6.03 Å². The van der Waals surface area contributed by atoms with E-state index >= 15 is 0 Å². The van der Waals surface area contributed by atoms with Gasteiger partial charge in [0.1, 0.15) is 5.54 Å². The largest absolute Gasteiger partial charge is 0.325 e. The molecule has 0 saturated carbocycles. The molecule has 4 amide bonds. The maximum absolute atomic E-state index is 13.2. The molecule has 1 unspecified atom stereocenters. The minimum absolute atomic E-state index is 0.0309. The highest BCUT2D eigenvalue weighted by Gasteiger charge is 2.49. The summed E-state index contributed by atoms with van der Waals surface area (Å²) in [7, 11) is 0. The number of hydrogen-bond donors (Lipinski definition) is 1. The summed E-state index contributed by atoms with van der Waals surface area (Å²) in [4.78, 5) is 45.3. The lowest BCUT2D eigenvalue weighted by Gasteiger charge is -2.24. The SMILES string of the molecule is CC(=O)N(c1ccccc1)c1nc(CN2C(=O)NC(C)(c3ccccc3C)C2=O)cs1. The summed E-state index contributed by atoms with van der Waals surface area (Å²) < 4.78 is 0. The standard InChI is InChI=1S/C23H22N4O3S/c1-15-9-7-8-12-19(15)23(3)20(29)26(21(30)25-23)13-17-14-31-22(24-17)27(16(2)28)18-10-5-4-6-11-18/h4-12,14H,13H2,1-3H3,(H,25,30). The van der Waals surface area contributed by atoms with Crippen LogP contribution in [0.1, 0.15) is 30.7 Å². The first-order chi connectivity index (χ1) is 14.8. The van der Waals surface area contributed by atoms with Gasteiger partial charge in [0, 0.05) is 12.3 Å². The fourth-order valence-corrected chi connectivity index (χ4v) is 4.67. The summed E-state index contributed by atoms with van der Waals surface area (Å²) in [6.45, 7) is 5.13. The van der Waals surface area contributed by atoms with Crippen LogP contribution in [-0.4, -0.2) is 27.7 Å². The van der Waals surface area contributed by atoms with E-state index in [2.05, 4.69) is 10.3 Å². The summed E-state index contributed by atoms with van der Waals surface area (Å²) in [5.41, 5.74) is 1.81. The van der Waals surface area contributed by atoms with Gasteiger partial charge in [0.05, 0.1) is 17.9 Å². The Morgan fingerprint density at radius 2 is 1.81 bits per heavy atom. The molecular weight excluding hydrogens is 412 g/mol. The van der Waals surface area contributed by atoms with Crippen LogP contribution in [0.4, 0.5) is 15.6 Å².